The molecule has 1 saturated heterocycles. The minimum Gasteiger partial charge on any atom is -0.472 e. The van der Waals surface area contributed by atoms with Gasteiger partial charge in [-0.25, -0.2) is 4.98 Å². The fraction of sp³-hybridized carbons (Fsp3) is 0.474. The lowest BCUT2D eigenvalue weighted by molar-refractivity contribution is -0.0324. The van der Waals surface area contributed by atoms with E-state index in [1.165, 1.54) is 0 Å². The summed E-state index contributed by atoms with van der Waals surface area (Å²) in [4.78, 5) is 18.7. The quantitative estimate of drug-likeness (QED) is 0.854. The van der Waals surface area contributed by atoms with Gasteiger partial charge in [-0.2, -0.15) is 0 Å². The van der Waals surface area contributed by atoms with E-state index in [0.717, 1.165) is 11.5 Å². The normalized spacial score (nSPS) is 18.2. The van der Waals surface area contributed by atoms with Crippen molar-refractivity contribution >= 4 is 5.91 Å². The third-order valence-electron chi connectivity index (χ3n) is 3.83. The third kappa shape index (κ3) is 4.39. The van der Waals surface area contributed by atoms with Crippen molar-refractivity contribution in [1.29, 1.82) is 0 Å². The highest BCUT2D eigenvalue weighted by Gasteiger charge is 2.28. The van der Waals surface area contributed by atoms with Crippen LogP contribution in [0.15, 0.2) is 34.9 Å². The zero-order valence-electron chi connectivity index (χ0n) is 15.1. The largest absolute Gasteiger partial charge is 0.472 e. The number of aromatic nitrogens is 1. The molecule has 0 saturated carbocycles. The number of hydrogen-bond acceptors (Lipinski definition) is 5. The molecule has 2 aromatic heterocycles. The van der Waals surface area contributed by atoms with Gasteiger partial charge < -0.3 is 18.8 Å². The van der Waals surface area contributed by atoms with Crippen LogP contribution in [0.1, 0.15) is 48.8 Å². The van der Waals surface area contributed by atoms with Gasteiger partial charge in [-0.05, 0) is 45.9 Å². The summed E-state index contributed by atoms with van der Waals surface area (Å²) in [5.41, 5.74) is 0.217. The molecule has 1 aliphatic rings. The molecule has 25 heavy (non-hydrogen) atoms. The minimum absolute atomic E-state index is 0.0635. The number of hydrogen-bond donors (Lipinski definition) is 0. The maximum absolute atomic E-state index is 12.7. The van der Waals surface area contributed by atoms with E-state index in [9.17, 15) is 4.79 Å². The van der Waals surface area contributed by atoms with Gasteiger partial charge in [0.1, 0.15) is 23.2 Å². The van der Waals surface area contributed by atoms with Crippen LogP contribution in [-0.2, 0) is 4.74 Å². The number of rotatable bonds is 3. The zero-order chi connectivity index (χ0) is 18.0. The summed E-state index contributed by atoms with van der Waals surface area (Å²) in [6.45, 7) is 9.26. The number of pyridine rings is 1. The van der Waals surface area contributed by atoms with E-state index in [-0.39, 0.29) is 17.6 Å². The molecule has 0 spiro atoms. The van der Waals surface area contributed by atoms with Crippen LogP contribution < -0.4 is 4.74 Å². The molecule has 0 radical (unpaired) electrons. The smallest absolute Gasteiger partial charge is 0.255 e. The molecule has 134 valence electrons. The van der Waals surface area contributed by atoms with Gasteiger partial charge in [0.25, 0.3) is 5.91 Å². The summed E-state index contributed by atoms with van der Waals surface area (Å²) in [6.07, 6.45) is 1.33. The summed E-state index contributed by atoms with van der Waals surface area (Å²) >= 11 is 0. The van der Waals surface area contributed by atoms with Crippen LogP contribution in [0.3, 0.4) is 0 Å². The first-order valence-corrected chi connectivity index (χ1v) is 8.44. The van der Waals surface area contributed by atoms with E-state index in [0.29, 0.717) is 31.1 Å². The van der Waals surface area contributed by atoms with Gasteiger partial charge in [0.05, 0.1) is 18.7 Å². The number of aryl methyl sites for hydroxylation is 1. The average molecular weight is 344 g/mol. The molecule has 0 aliphatic carbocycles. The van der Waals surface area contributed by atoms with Gasteiger partial charge in [-0.3, -0.25) is 4.79 Å². The number of carbonyl (C=O) groups is 1. The molecule has 2 aromatic rings. The van der Waals surface area contributed by atoms with Gasteiger partial charge >= 0.3 is 0 Å². The lowest BCUT2D eigenvalue weighted by Gasteiger charge is -2.32. The Labute approximate surface area is 147 Å². The molecule has 1 atom stereocenters. The van der Waals surface area contributed by atoms with E-state index >= 15 is 0 Å². The van der Waals surface area contributed by atoms with Crippen molar-refractivity contribution in [3.63, 3.8) is 0 Å². The standard InChI is InChI=1S/C19H24N2O4/c1-13-5-7-15(24-13)16-12-21(9-10-23-16)18(22)14-6-8-17(20-11-14)25-19(2,3)4/h5-8,11,16H,9-10,12H2,1-4H3. The first-order chi connectivity index (χ1) is 11.8. The first kappa shape index (κ1) is 17.5. The maximum Gasteiger partial charge on any atom is 0.255 e. The molecule has 0 N–H and O–H groups in total. The number of furan rings is 1. The van der Waals surface area contributed by atoms with Gasteiger partial charge in [-0.1, -0.05) is 0 Å². The van der Waals surface area contributed by atoms with Crippen molar-refractivity contribution in [2.75, 3.05) is 19.7 Å². The second kappa shape index (κ2) is 6.88. The topological polar surface area (TPSA) is 64.8 Å². The summed E-state index contributed by atoms with van der Waals surface area (Å²) < 4.78 is 17.1. The Kier molecular flexibility index (Phi) is 4.81. The highest BCUT2D eigenvalue weighted by Crippen LogP contribution is 2.25. The fourth-order valence-electron chi connectivity index (χ4n) is 2.70. The summed E-state index contributed by atoms with van der Waals surface area (Å²) in [6, 6.07) is 7.27. The van der Waals surface area contributed by atoms with E-state index < -0.39 is 0 Å². The highest BCUT2D eigenvalue weighted by atomic mass is 16.5. The molecule has 1 amide bonds. The van der Waals surface area contributed by atoms with E-state index in [2.05, 4.69) is 4.98 Å². The van der Waals surface area contributed by atoms with Gasteiger partial charge in [-0.15, -0.1) is 0 Å². The molecule has 3 rings (SSSR count). The number of ether oxygens (including phenoxy) is 2. The zero-order valence-corrected chi connectivity index (χ0v) is 15.1. The van der Waals surface area contributed by atoms with Crippen molar-refractivity contribution in [2.45, 2.75) is 39.4 Å². The molecule has 1 fully saturated rings. The van der Waals surface area contributed by atoms with Crippen LogP contribution in [0.25, 0.3) is 0 Å². The summed E-state index contributed by atoms with van der Waals surface area (Å²) in [5.74, 6) is 2.03. The number of carbonyl (C=O) groups excluding carboxylic acids is 1. The fourth-order valence-corrected chi connectivity index (χ4v) is 2.70. The molecule has 0 aromatic carbocycles. The van der Waals surface area contributed by atoms with Crippen molar-refractivity contribution in [1.82, 2.24) is 9.88 Å². The van der Waals surface area contributed by atoms with Crippen LogP contribution in [-0.4, -0.2) is 41.1 Å². The summed E-state index contributed by atoms with van der Waals surface area (Å²) in [7, 11) is 0. The second-order valence-corrected chi connectivity index (χ2v) is 7.16. The van der Waals surface area contributed by atoms with Crippen LogP contribution in [0.5, 0.6) is 5.88 Å². The van der Waals surface area contributed by atoms with Crippen molar-refractivity contribution in [2.24, 2.45) is 0 Å². The predicted octanol–water partition coefficient (Wildman–Crippen LogP) is 3.37. The van der Waals surface area contributed by atoms with Crippen LogP contribution in [0, 0.1) is 6.92 Å². The molecular weight excluding hydrogens is 320 g/mol. The number of nitrogens with zero attached hydrogens (tertiary/aromatic N) is 2. The van der Waals surface area contributed by atoms with Crippen molar-refractivity contribution < 1.29 is 18.7 Å². The molecule has 0 bridgehead atoms. The molecule has 1 aliphatic heterocycles. The first-order valence-electron chi connectivity index (χ1n) is 8.44. The minimum atomic E-state index is -0.322. The van der Waals surface area contributed by atoms with Crippen molar-refractivity contribution in [3.05, 3.63) is 47.5 Å². The lowest BCUT2D eigenvalue weighted by Crippen LogP contribution is -2.42. The Bertz CT molecular complexity index is 731. The maximum atomic E-state index is 12.7. The third-order valence-corrected chi connectivity index (χ3v) is 3.83. The Balaban J connectivity index is 1.67. The van der Waals surface area contributed by atoms with Crippen LogP contribution in [0.2, 0.25) is 0 Å². The molecule has 6 heteroatoms. The number of morpholine rings is 1. The second-order valence-electron chi connectivity index (χ2n) is 7.16. The Morgan fingerprint density at radius 2 is 2.08 bits per heavy atom. The van der Waals surface area contributed by atoms with Gasteiger partial charge in [0.2, 0.25) is 5.88 Å². The van der Waals surface area contributed by atoms with Gasteiger partial charge in [0.15, 0.2) is 0 Å². The van der Waals surface area contributed by atoms with Crippen molar-refractivity contribution in [3.8, 4) is 5.88 Å². The molecule has 3 heterocycles. The van der Waals surface area contributed by atoms with Gasteiger partial charge in [0, 0.05) is 18.8 Å². The lowest BCUT2D eigenvalue weighted by atomic mass is 10.2. The molecule has 6 nitrogen and oxygen atoms in total. The number of amides is 1. The predicted molar refractivity (Wildman–Crippen MR) is 92.7 cm³/mol. The summed E-state index contributed by atoms with van der Waals surface area (Å²) in [5, 5.41) is 0. The monoisotopic (exact) mass is 344 g/mol. The van der Waals surface area contributed by atoms with E-state index in [1.807, 2.05) is 39.8 Å². The van der Waals surface area contributed by atoms with E-state index in [4.69, 9.17) is 13.9 Å². The molecular formula is C19H24N2O4. The SMILES string of the molecule is Cc1ccc(C2CN(C(=O)c3ccc(OC(C)(C)C)nc3)CCO2)o1. The van der Waals surface area contributed by atoms with Crippen LogP contribution in [0.4, 0.5) is 0 Å². The Hall–Kier alpha value is -2.34. The Morgan fingerprint density at radius 1 is 1.28 bits per heavy atom. The highest BCUT2D eigenvalue weighted by molar-refractivity contribution is 5.94. The van der Waals surface area contributed by atoms with Crippen LogP contribution >= 0.6 is 0 Å². The Morgan fingerprint density at radius 3 is 2.68 bits per heavy atom. The average Bonchev–Trinajstić information content (AvgIpc) is 3.00. The molecule has 1 unspecified atom stereocenters. The van der Waals surface area contributed by atoms with E-state index in [1.54, 1.807) is 23.2 Å².